The summed E-state index contributed by atoms with van der Waals surface area (Å²) in [5.74, 6) is -0.201. The zero-order valence-corrected chi connectivity index (χ0v) is 14.4. The van der Waals surface area contributed by atoms with E-state index in [-0.39, 0.29) is 17.9 Å². The average Bonchev–Trinajstić information content (AvgIpc) is 2.50. The van der Waals surface area contributed by atoms with Crippen LogP contribution < -0.4 is 4.74 Å². The number of pyridine rings is 1. The van der Waals surface area contributed by atoms with Crippen molar-refractivity contribution >= 4 is 28.5 Å². The van der Waals surface area contributed by atoms with Gasteiger partial charge in [0.05, 0.1) is 24.2 Å². The minimum atomic E-state index is -4.44. The zero-order valence-electron chi connectivity index (χ0n) is 12.3. The van der Waals surface area contributed by atoms with Crippen molar-refractivity contribution in [2.75, 3.05) is 13.1 Å². The summed E-state index contributed by atoms with van der Waals surface area (Å²) in [6.07, 6.45) is -3.73. The van der Waals surface area contributed by atoms with Gasteiger partial charge in [-0.3, -0.25) is 4.79 Å². The number of carbonyl (C=O) groups is 1. The fourth-order valence-corrected chi connectivity index (χ4v) is 2.92. The quantitative estimate of drug-likeness (QED) is 0.675. The number of rotatable bonds is 3. The predicted octanol–water partition coefficient (Wildman–Crippen LogP) is 3.61. The first kappa shape index (κ1) is 17.0. The third-order valence-electron chi connectivity index (χ3n) is 3.59. The number of hydrogen-bond donors (Lipinski definition) is 0. The molecule has 24 heavy (non-hydrogen) atoms. The maximum atomic E-state index is 12.7. The molecule has 2 heterocycles. The molecule has 1 aromatic heterocycles. The number of ether oxygens (including phenoxy) is 1. The maximum Gasteiger partial charge on any atom is 0.416 e. The Hall–Kier alpha value is -1.84. The predicted molar refractivity (Wildman–Crippen MR) is 88.7 cm³/mol. The van der Waals surface area contributed by atoms with E-state index in [1.165, 1.54) is 0 Å². The van der Waals surface area contributed by atoms with Crippen LogP contribution in [0.25, 0.3) is 0 Å². The van der Waals surface area contributed by atoms with Gasteiger partial charge in [0.15, 0.2) is 0 Å². The molecule has 8 heteroatoms. The van der Waals surface area contributed by atoms with Gasteiger partial charge >= 0.3 is 6.18 Å². The summed E-state index contributed by atoms with van der Waals surface area (Å²) in [7, 11) is 0. The van der Waals surface area contributed by atoms with Crippen LogP contribution in [0.4, 0.5) is 13.2 Å². The van der Waals surface area contributed by atoms with Gasteiger partial charge in [0.2, 0.25) is 5.88 Å². The van der Waals surface area contributed by atoms with Gasteiger partial charge in [0.1, 0.15) is 6.10 Å². The lowest BCUT2D eigenvalue weighted by atomic mass is 10.1. The number of halogens is 4. The SMILES string of the molecule is O=C(c1ccccc1I)N1CC(Oc2cc(C(F)(F)F)ccn2)C1. The number of nitrogens with zero attached hydrogens (tertiary/aromatic N) is 2. The summed E-state index contributed by atoms with van der Waals surface area (Å²) in [6, 6.07) is 8.97. The lowest BCUT2D eigenvalue weighted by Gasteiger charge is -2.38. The van der Waals surface area contributed by atoms with E-state index in [0.29, 0.717) is 18.7 Å². The zero-order chi connectivity index (χ0) is 17.3. The fourth-order valence-electron chi connectivity index (χ4n) is 2.30. The van der Waals surface area contributed by atoms with Crippen LogP contribution in [-0.2, 0) is 6.18 Å². The van der Waals surface area contributed by atoms with Gasteiger partial charge in [-0.2, -0.15) is 13.2 Å². The topological polar surface area (TPSA) is 42.4 Å². The second-order valence-electron chi connectivity index (χ2n) is 5.31. The number of hydrogen-bond acceptors (Lipinski definition) is 3. The van der Waals surface area contributed by atoms with Gasteiger partial charge in [-0.1, -0.05) is 12.1 Å². The van der Waals surface area contributed by atoms with E-state index in [0.717, 1.165) is 21.9 Å². The highest BCUT2D eigenvalue weighted by atomic mass is 127. The molecule has 4 nitrogen and oxygen atoms in total. The molecule has 0 saturated carbocycles. The monoisotopic (exact) mass is 448 g/mol. The molecule has 1 aliphatic rings. The van der Waals surface area contributed by atoms with Crippen LogP contribution in [0.1, 0.15) is 15.9 Å². The first-order valence-corrected chi connectivity index (χ1v) is 8.16. The molecule has 0 bridgehead atoms. The summed E-state index contributed by atoms with van der Waals surface area (Å²) in [5, 5.41) is 0. The fraction of sp³-hybridized carbons (Fsp3) is 0.250. The minimum Gasteiger partial charge on any atom is -0.471 e. The maximum absolute atomic E-state index is 12.7. The Labute approximate surface area is 149 Å². The van der Waals surface area contributed by atoms with Crippen molar-refractivity contribution in [1.82, 2.24) is 9.88 Å². The molecule has 0 N–H and O–H groups in total. The van der Waals surface area contributed by atoms with Crippen molar-refractivity contribution < 1.29 is 22.7 Å². The smallest absolute Gasteiger partial charge is 0.416 e. The van der Waals surface area contributed by atoms with Crippen molar-refractivity contribution in [2.45, 2.75) is 12.3 Å². The molecule has 1 aliphatic heterocycles. The van der Waals surface area contributed by atoms with E-state index in [9.17, 15) is 18.0 Å². The highest BCUT2D eigenvalue weighted by molar-refractivity contribution is 14.1. The van der Waals surface area contributed by atoms with Gasteiger partial charge in [0, 0.05) is 15.8 Å². The Balaban J connectivity index is 1.60. The van der Waals surface area contributed by atoms with E-state index < -0.39 is 11.7 Å². The largest absolute Gasteiger partial charge is 0.471 e. The van der Waals surface area contributed by atoms with Crippen molar-refractivity contribution in [3.63, 3.8) is 0 Å². The first-order chi connectivity index (χ1) is 11.3. The number of carbonyl (C=O) groups excluding carboxylic acids is 1. The molecule has 1 saturated heterocycles. The van der Waals surface area contributed by atoms with E-state index in [1.54, 1.807) is 17.0 Å². The lowest BCUT2D eigenvalue weighted by Crippen LogP contribution is -2.56. The summed E-state index contributed by atoms with van der Waals surface area (Å²) in [5.41, 5.74) is -0.202. The number of benzene rings is 1. The Morgan fingerprint density at radius 1 is 1.25 bits per heavy atom. The van der Waals surface area contributed by atoms with E-state index in [1.807, 2.05) is 12.1 Å². The molecule has 3 rings (SSSR count). The van der Waals surface area contributed by atoms with E-state index in [4.69, 9.17) is 4.74 Å². The molecule has 2 aromatic rings. The average molecular weight is 448 g/mol. The van der Waals surface area contributed by atoms with Crippen molar-refractivity contribution in [1.29, 1.82) is 0 Å². The van der Waals surface area contributed by atoms with Crippen LogP contribution >= 0.6 is 22.6 Å². The molecule has 0 unspecified atom stereocenters. The molecule has 126 valence electrons. The minimum absolute atomic E-state index is 0.0868. The van der Waals surface area contributed by atoms with Crippen LogP contribution in [0.15, 0.2) is 42.6 Å². The van der Waals surface area contributed by atoms with Crippen LogP contribution in [0.2, 0.25) is 0 Å². The Morgan fingerprint density at radius 3 is 2.62 bits per heavy atom. The highest BCUT2D eigenvalue weighted by Gasteiger charge is 2.35. The molecule has 0 atom stereocenters. The number of alkyl halides is 3. The van der Waals surface area contributed by atoms with Crippen molar-refractivity contribution in [3.05, 3.63) is 57.3 Å². The van der Waals surface area contributed by atoms with Gasteiger partial charge in [-0.25, -0.2) is 4.98 Å². The van der Waals surface area contributed by atoms with Crippen molar-refractivity contribution in [2.24, 2.45) is 0 Å². The highest BCUT2D eigenvalue weighted by Crippen LogP contribution is 2.31. The number of amides is 1. The standard InChI is InChI=1S/C16H12F3IN2O2/c17-16(18,19)10-5-6-21-14(7-10)24-11-8-22(9-11)15(23)12-3-1-2-4-13(12)20/h1-7,11H,8-9H2. The number of aromatic nitrogens is 1. The molecular formula is C16H12F3IN2O2. The Morgan fingerprint density at radius 2 is 1.96 bits per heavy atom. The lowest BCUT2D eigenvalue weighted by molar-refractivity contribution is -0.137. The van der Waals surface area contributed by atoms with Gasteiger partial charge in [0.25, 0.3) is 5.91 Å². The van der Waals surface area contributed by atoms with Gasteiger partial charge in [-0.15, -0.1) is 0 Å². The molecular weight excluding hydrogens is 436 g/mol. The molecule has 0 radical (unpaired) electrons. The normalized spacial score (nSPS) is 15.1. The van der Waals surface area contributed by atoms with Crippen LogP contribution in [0.5, 0.6) is 5.88 Å². The summed E-state index contributed by atoms with van der Waals surface area (Å²) < 4.78 is 44.2. The third kappa shape index (κ3) is 3.63. The van der Waals surface area contributed by atoms with Crippen molar-refractivity contribution in [3.8, 4) is 5.88 Å². The Bertz CT molecular complexity index is 761. The Kier molecular flexibility index (Phi) is 4.66. The van der Waals surface area contributed by atoms with Crippen LogP contribution in [-0.4, -0.2) is 35.0 Å². The van der Waals surface area contributed by atoms with Gasteiger partial charge in [-0.05, 0) is 40.8 Å². The first-order valence-electron chi connectivity index (χ1n) is 7.08. The summed E-state index contributed by atoms with van der Waals surface area (Å²) in [6.45, 7) is 0.642. The van der Waals surface area contributed by atoms with E-state index in [2.05, 4.69) is 27.6 Å². The molecule has 1 amide bonds. The van der Waals surface area contributed by atoms with Crippen LogP contribution in [0.3, 0.4) is 0 Å². The van der Waals surface area contributed by atoms with Crippen LogP contribution in [0, 0.1) is 3.57 Å². The number of likely N-dealkylation sites (tertiary alicyclic amines) is 1. The van der Waals surface area contributed by atoms with E-state index >= 15 is 0 Å². The molecule has 0 spiro atoms. The third-order valence-corrected chi connectivity index (χ3v) is 4.53. The summed E-state index contributed by atoms with van der Waals surface area (Å²) >= 11 is 2.09. The molecule has 0 aliphatic carbocycles. The second-order valence-corrected chi connectivity index (χ2v) is 6.47. The summed E-state index contributed by atoms with van der Waals surface area (Å²) in [4.78, 5) is 17.7. The molecule has 1 fully saturated rings. The molecule has 1 aromatic carbocycles. The second kappa shape index (κ2) is 6.58. The van der Waals surface area contributed by atoms with Gasteiger partial charge < -0.3 is 9.64 Å².